The Labute approximate surface area is 59.5 Å². The molecule has 1 aliphatic rings. The Morgan fingerprint density at radius 1 is 1.60 bits per heavy atom. The van der Waals surface area contributed by atoms with Crippen LogP contribution in [0.2, 0.25) is 0 Å². The maximum atomic E-state index is 11.4. The molecule has 0 atom stereocenters. The minimum Gasteiger partial charge on any atom is -0.391 e. The smallest absolute Gasteiger partial charge is 0.391 e. The lowest BCUT2D eigenvalue weighted by molar-refractivity contribution is -0.283. The average molecular weight is 169 g/mol. The van der Waals surface area contributed by atoms with Gasteiger partial charge in [-0.05, 0) is 0 Å². The Bertz CT molecular complexity index is 155. The van der Waals surface area contributed by atoms with Crippen molar-refractivity contribution in [3.63, 3.8) is 0 Å². The maximum Gasteiger partial charge on any atom is 0.574 e. The van der Waals surface area contributed by atoms with Gasteiger partial charge in [-0.15, -0.1) is 24.9 Å². The van der Waals surface area contributed by atoms with Crippen LogP contribution in [0.25, 0.3) is 0 Å². The van der Waals surface area contributed by atoms with Crippen LogP contribution < -0.4 is 0 Å². The standard InChI is InChI=1S/C4H2F3NOS/c5-4(6,7)9-3-1-10-2-8-3/h2H2. The number of alkyl halides is 3. The van der Waals surface area contributed by atoms with Crippen LogP contribution in [0, 0.1) is 5.75 Å². The number of hydrogen-bond donors (Lipinski definition) is 0. The largest absolute Gasteiger partial charge is 0.574 e. The van der Waals surface area contributed by atoms with E-state index in [1.807, 2.05) is 0 Å². The van der Waals surface area contributed by atoms with Gasteiger partial charge in [-0.25, -0.2) is 4.99 Å². The molecule has 0 saturated heterocycles. The molecule has 2 radical (unpaired) electrons. The predicted octanol–water partition coefficient (Wildman–Crippen LogP) is 1.66. The Kier molecular flexibility index (Phi) is 2.08. The van der Waals surface area contributed by atoms with E-state index in [1.165, 1.54) is 0 Å². The lowest BCUT2D eigenvalue weighted by Gasteiger charge is -2.05. The Morgan fingerprint density at radius 3 is 2.70 bits per heavy atom. The molecule has 56 valence electrons. The second-order valence-electron chi connectivity index (χ2n) is 1.39. The van der Waals surface area contributed by atoms with Crippen LogP contribution in [-0.2, 0) is 4.74 Å². The molecule has 0 bridgehead atoms. The van der Waals surface area contributed by atoms with Gasteiger partial charge in [0.1, 0.15) is 5.75 Å². The topological polar surface area (TPSA) is 21.6 Å². The number of aliphatic imine (C=N–C) groups is 1. The van der Waals surface area contributed by atoms with E-state index in [9.17, 15) is 13.2 Å². The number of rotatable bonds is 0. The summed E-state index contributed by atoms with van der Waals surface area (Å²) in [4.78, 5) is 3.35. The summed E-state index contributed by atoms with van der Waals surface area (Å²) in [5.41, 5.74) is 0. The number of halogens is 3. The molecule has 10 heavy (non-hydrogen) atoms. The summed E-state index contributed by atoms with van der Waals surface area (Å²) in [6.45, 7) is 0. The normalized spacial score (nSPS) is 18.9. The van der Waals surface area contributed by atoms with Gasteiger partial charge in [-0.2, -0.15) is 0 Å². The molecule has 6 heteroatoms. The molecular weight excluding hydrogens is 167 g/mol. The molecule has 0 N–H and O–H groups in total. The summed E-state index contributed by atoms with van der Waals surface area (Å²) in [6.07, 6.45) is -4.64. The molecule has 2 nitrogen and oxygen atoms in total. The SMILES string of the molecule is FC(F)(F)OC1=NCS[C]1. The number of ether oxygens (including phenoxy) is 1. The van der Waals surface area contributed by atoms with Gasteiger partial charge in [0.05, 0.1) is 5.88 Å². The fourth-order valence-corrected chi connectivity index (χ4v) is 0.856. The molecule has 0 aromatic rings. The lowest BCUT2D eigenvalue weighted by Crippen LogP contribution is -2.17. The van der Waals surface area contributed by atoms with E-state index in [0.29, 0.717) is 0 Å². The lowest BCUT2D eigenvalue weighted by atomic mass is 10.8. The summed E-state index contributed by atoms with van der Waals surface area (Å²) in [5.74, 6) is 2.02. The van der Waals surface area contributed by atoms with E-state index in [1.54, 1.807) is 0 Å². The van der Waals surface area contributed by atoms with Crippen LogP contribution in [0.15, 0.2) is 4.99 Å². The quantitative estimate of drug-likeness (QED) is 0.550. The first-order valence-electron chi connectivity index (χ1n) is 2.26. The van der Waals surface area contributed by atoms with Gasteiger partial charge < -0.3 is 4.74 Å². The van der Waals surface area contributed by atoms with Crippen molar-refractivity contribution in [2.45, 2.75) is 6.36 Å². The van der Waals surface area contributed by atoms with Crippen molar-refractivity contribution in [2.75, 3.05) is 5.88 Å². The molecule has 1 aliphatic heterocycles. The Morgan fingerprint density at radius 2 is 2.30 bits per heavy atom. The molecule has 1 rings (SSSR count). The third kappa shape index (κ3) is 2.47. The van der Waals surface area contributed by atoms with Gasteiger partial charge in [-0.3, -0.25) is 0 Å². The summed E-state index contributed by atoms with van der Waals surface area (Å²) < 4.78 is 37.5. The fraction of sp³-hybridized carbons (Fsp3) is 0.500. The second kappa shape index (κ2) is 2.69. The van der Waals surface area contributed by atoms with E-state index in [4.69, 9.17) is 0 Å². The van der Waals surface area contributed by atoms with Gasteiger partial charge >= 0.3 is 6.36 Å². The van der Waals surface area contributed by atoms with Gasteiger partial charge in [0.2, 0.25) is 5.90 Å². The third-order valence-corrected chi connectivity index (χ3v) is 1.22. The van der Waals surface area contributed by atoms with E-state index >= 15 is 0 Å². The van der Waals surface area contributed by atoms with Crippen LogP contribution in [0.1, 0.15) is 0 Å². The van der Waals surface area contributed by atoms with Crippen molar-refractivity contribution in [1.82, 2.24) is 0 Å². The average Bonchev–Trinajstić information content (AvgIpc) is 2.12. The highest BCUT2D eigenvalue weighted by Gasteiger charge is 2.33. The van der Waals surface area contributed by atoms with Crippen LogP contribution in [0.3, 0.4) is 0 Å². The van der Waals surface area contributed by atoms with Crippen LogP contribution in [-0.4, -0.2) is 18.1 Å². The molecule has 0 fully saturated rings. The molecule has 0 spiro atoms. The van der Waals surface area contributed by atoms with Gasteiger partial charge in [0.25, 0.3) is 0 Å². The summed E-state index contributed by atoms with van der Waals surface area (Å²) in [7, 11) is 0. The zero-order chi connectivity index (χ0) is 7.61. The first kappa shape index (κ1) is 7.71. The first-order valence-corrected chi connectivity index (χ1v) is 3.24. The molecular formula is C4H2F3NOS. The van der Waals surface area contributed by atoms with E-state index in [0.717, 1.165) is 11.8 Å². The molecule has 0 aromatic carbocycles. The highest BCUT2D eigenvalue weighted by Crippen LogP contribution is 2.23. The van der Waals surface area contributed by atoms with Crippen molar-refractivity contribution in [2.24, 2.45) is 4.99 Å². The minimum absolute atomic E-state index is 0.255. The van der Waals surface area contributed by atoms with Gasteiger partial charge in [-0.1, -0.05) is 0 Å². The summed E-state index contributed by atoms with van der Waals surface area (Å²) in [6, 6.07) is 0. The summed E-state index contributed by atoms with van der Waals surface area (Å²) >= 11 is 1.04. The zero-order valence-electron chi connectivity index (χ0n) is 4.60. The number of hydrogen-bond acceptors (Lipinski definition) is 3. The van der Waals surface area contributed by atoms with E-state index in [-0.39, 0.29) is 5.88 Å². The molecule has 0 unspecified atom stereocenters. The first-order chi connectivity index (χ1) is 4.58. The van der Waals surface area contributed by atoms with Crippen LogP contribution in [0.5, 0.6) is 0 Å². The van der Waals surface area contributed by atoms with E-state index < -0.39 is 12.3 Å². The Balaban J connectivity index is 2.38. The third-order valence-electron chi connectivity index (χ3n) is 0.645. The van der Waals surface area contributed by atoms with Crippen molar-refractivity contribution < 1.29 is 17.9 Å². The molecule has 1 heterocycles. The van der Waals surface area contributed by atoms with E-state index in [2.05, 4.69) is 15.5 Å². The summed E-state index contributed by atoms with van der Waals surface area (Å²) in [5, 5.41) is 0. The monoisotopic (exact) mass is 169 g/mol. The second-order valence-corrected chi connectivity index (χ2v) is 2.14. The highest BCUT2D eigenvalue weighted by atomic mass is 32.2. The minimum atomic E-state index is -4.64. The van der Waals surface area contributed by atoms with Crippen molar-refractivity contribution >= 4 is 17.7 Å². The van der Waals surface area contributed by atoms with Gasteiger partial charge in [0, 0.05) is 0 Å². The number of nitrogens with zero attached hydrogens (tertiary/aromatic N) is 1. The van der Waals surface area contributed by atoms with Crippen molar-refractivity contribution in [3.8, 4) is 0 Å². The number of thioether (sulfide) groups is 1. The zero-order valence-corrected chi connectivity index (χ0v) is 5.42. The van der Waals surface area contributed by atoms with Crippen molar-refractivity contribution in [1.29, 1.82) is 0 Å². The molecule has 0 amide bonds. The molecule has 0 aliphatic carbocycles. The maximum absolute atomic E-state index is 11.4. The fourth-order valence-electron chi connectivity index (χ4n) is 0.380. The van der Waals surface area contributed by atoms with Crippen LogP contribution in [0.4, 0.5) is 13.2 Å². The highest BCUT2D eigenvalue weighted by molar-refractivity contribution is 8.02. The Hall–Kier alpha value is -0.390. The van der Waals surface area contributed by atoms with Crippen LogP contribution >= 0.6 is 11.8 Å². The molecule has 0 aromatic heterocycles. The van der Waals surface area contributed by atoms with Crippen molar-refractivity contribution in [3.05, 3.63) is 5.75 Å². The molecule has 0 saturated carbocycles. The predicted molar refractivity (Wildman–Crippen MR) is 30.3 cm³/mol. The van der Waals surface area contributed by atoms with Gasteiger partial charge in [0.15, 0.2) is 0 Å².